The summed E-state index contributed by atoms with van der Waals surface area (Å²) < 4.78 is 32.3. The van der Waals surface area contributed by atoms with Crippen molar-refractivity contribution in [3.63, 3.8) is 0 Å². The average molecular weight is 328 g/mol. The first-order valence-electron chi connectivity index (χ1n) is 5.59. The minimum Gasteiger partial charge on any atom is -0.457 e. The van der Waals surface area contributed by atoms with Crippen LogP contribution < -0.4 is 10.5 Å². The quantitative estimate of drug-likeness (QED) is 0.799. The number of hydrogen-bond donors (Lipinski definition) is 1. The number of nitrogens with two attached hydrogens (primary N) is 1. The number of nitrogen functional groups attached to an aromatic ring is 1. The number of ether oxygens (including phenoxy) is 1. The molecule has 19 heavy (non-hydrogen) atoms. The van der Waals surface area contributed by atoms with Gasteiger partial charge in [0.2, 0.25) is 0 Å². The number of hydrogen-bond acceptors (Lipinski definition) is 2. The molecule has 0 saturated heterocycles. The summed E-state index contributed by atoms with van der Waals surface area (Å²) in [5.74, 6) is 0.623. The highest BCUT2D eigenvalue weighted by Gasteiger charge is 2.15. The standard InChI is InChI=1S/C14H12BrF2NO/c1-8-6-10(3-4-12(8)15)19-13-5-2-9(18)7-11(13)14(16)17/h2-7,14H,18H2,1H3. The Labute approximate surface area is 118 Å². The first-order chi connectivity index (χ1) is 8.97. The second-order valence-corrected chi connectivity index (χ2v) is 4.97. The van der Waals surface area contributed by atoms with Crippen LogP contribution in [0.2, 0.25) is 0 Å². The Hall–Kier alpha value is -1.62. The van der Waals surface area contributed by atoms with E-state index in [1.165, 1.54) is 18.2 Å². The molecule has 0 aliphatic heterocycles. The molecule has 2 aromatic rings. The average Bonchev–Trinajstić information content (AvgIpc) is 2.36. The molecule has 2 nitrogen and oxygen atoms in total. The van der Waals surface area contributed by atoms with Crippen LogP contribution in [0.4, 0.5) is 14.5 Å². The fourth-order valence-corrected chi connectivity index (χ4v) is 1.88. The van der Waals surface area contributed by atoms with Gasteiger partial charge in [0.1, 0.15) is 11.5 Å². The number of halogens is 3. The van der Waals surface area contributed by atoms with Crippen LogP contribution in [0.3, 0.4) is 0 Å². The van der Waals surface area contributed by atoms with Crippen LogP contribution in [-0.4, -0.2) is 0 Å². The molecule has 0 amide bonds. The molecule has 0 aliphatic carbocycles. The maximum absolute atomic E-state index is 12.9. The lowest BCUT2D eigenvalue weighted by atomic mass is 10.2. The molecule has 100 valence electrons. The molecule has 0 aromatic heterocycles. The van der Waals surface area contributed by atoms with Gasteiger partial charge in [-0.1, -0.05) is 15.9 Å². The molecule has 0 atom stereocenters. The first kappa shape index (κ1) is 13.8. The smallest absolute Gasteiger partial charge is 0.267 e. The van der Waals surface area contributed by atoms with Crippen molar-refractivity contribution in [2.45, 2.75) is 13.3 Å². The molecule has 0 radical (unpaired) electrons. The summed E-state index contributed by atoms with van der Waals surface area (Å²) >= 11 is 3.37. The summed E-state index contributed by atoms with van der Waals surface area (Å²) in [6.07, 6.45) is -2.63. The summed E-state index contributed by atoms with van der Waals surface area (Å²) in [7, 11) is 0. The molecule has 0 fully saturated rings. The van der Waals surface area contributed by atoms with Crippen molar-refractivity contribution in [1.29, 1.82) is 0 Å². The van der Waals surface area contributed by atoms with Gasteiger partial charge in [-0.05, 0) is 48.9 Å². The van der Waals surface area contributed by atoms with Gasteiger partial charge in [0.25, 0.3) is 6.43 Å². The van der Waals surface area contributed by atoms with Crippen LogP contribution in [0.15, 0.2) is 40.9 Å². The highest BCUT2D eigenvalue weighted by atomic mass is 79.9. The van der Waals surface area contributed by atoms with Crippen LogP contribution in [0.25, 0.3) is 0 Å². The SMILES string of the molecule is Cc1cc(Oc2ccc(N)cc2C(F)F)ccc1Br. The van der Waals surface area contributed by atoms with Gasteiger partial charge in [-0.2, -0.15) is 0 Å². The van der Waals surface area contributed by atoms with Crippen LogP contribution in [-0.2, 0) is 0 Å². The molecule has 0 spiro atoms. The van der Waals surface area contributed by atoms with Gasteiger partial charge in [-0.3, -0.25) is 0 Å². The van der Waals surface area contributed by atoms with Crippen LogP contribution in [0.1, 0.15) is 17.6 Å². The third-order valence-electron chi connectivity index (χ3n) is 2.63. The van der Waals surface area contributed by atoms with Crippen LogP contribution >= 0.6 is 15.9 Å². The van der Waals surface area contributed by atoms with Crippen LogP contribution in [0.5, 0.6) is 11.5 Å². The van der Waals surface area contributed by atoms with E-state index in [1.54, 1.807) is 12.1 Å². The van der Waals surface area contributed by atoms with Gasteiger partial charge in [0.15, 0.2) is 0 Å². The first-order valence-corrected chi connectivity index (χ1v) is 6.38. The van der Waals surface area contributed by atoms with Gasteiger partial charge in [0.05, 0.1) is 5.56 Å². The van der Waals surface area contributed by atoms with E-state index in [1.807, 2.05) is 13.0 Å². The Bertz CT molecular complexity index is 602. The van der Waals surface area contributed by atoms with Gasteiger partial charge >= 0.3 is 0 Å². The van der Waals surface area contributed by atoms with E-state index < -0.39 is 6.43 Å². The fraction of sp³-hybridized carbons (Fsp3) is 0.143. The molecule has 0 unspecified atom stereocenters. The zero-order valence-corrected chi connectivity index (χ0v) is 11.7. The Balaban J connectivity index is 2.35. The van der Waals surface area contributed by atoms with Crippen molar-refractivity contribution in [1.82, 2.24) is 0 Å². The van der Waals surface area contributed by atoms with Crippen molar-refractivity contribution in [2.24, 2.45) is 0 Å². The normalized spacial score (nSPS) is 10.8. The minimum absolute atomic E-state index is 0.117. The molecule has 2 rings (SSSR count). The Morgan fingerprint density at radius 2 is 1.89 bits per heavy atom. The predicted octanol–water partition coefficient (Wildman–Crippen LogP) is 5.07. The van der Waals surface area contributed by atoms with Crippen molar-refractivity contribution < 1.29 is 13.5 Å². The number of alkyl halides is 2. The lowest BCUT2D eigenvalue weighted by Gasteiger charge is -2.12. The lowest BCUT2D eigenvalue weighted by molar-refractivity contribution is 0.148. The highest BCUT2D eigenvalue weighted by Crippen LogP contribution is 2.34. The molecule has 2 N–H and O–H groups in total. The molecule has 5 heteroatoms. The van der Waals surface area contributed by atoms with Crippen molar-refractivity contribution in [3.8, 4) is 11.5 Å². The van der Waals surface area contributed by atoms with Crippen molar-refractivity contribution in [3.05, 3.63) is 52.0 Å². The predicted molar refractivity (Wildman–Crippen MR) is 74.8 cm³/mol. The zero-order valence-electron chi connectivity index (χ0n) is 10.2. The molecule has 0 bridgehead atoms. The van der Waals surface area contributed by atoms with E-state index in [4.69, 9.17) is 10.5 Å². The summed E-state index contributed by atoms with van der Waals surface area (Å²) in [6.45, 7) is 1.90. The molecule has 0 saturated carbocycles. The molecule has 0 aliphatic rings. The van der Waals surface area contributed by atoms with Crippen molar-refractivity contribution >= 4 is 21.6 Å². The monoisotopic (exact) mass is 327 g/mol. The van der Waals surface area contributed by atoms with E-state index in [2.05, 4.69) is 15.9 Å². The maximum Gasteiger partial charge on any atom is 0.267 e. The number of rotatable bonds is 3. The second kappa shape index (κ2) is 5.57. The fourth-order valence-electron chi connectivity index (χ4n) is 1.64. The largest absolute Gasteiger partial charge is 0.457 e. The van der Waals surface area contributed by atoms with E-state index in [0.717, 1.165) is 10.0 Å². The van der Waals surface area contributed by atoms with E-state index in [9.17, 15) is 8.78 Å². The molecule has 2 aromatic carbocycles. The number of aryl methyl sites for hydroxylation is 1. The van der Waals surface area contributed by atoms with Crippen LogP contribution in [0, 0.1) is 6.92 Å². The number of anilines is 1. The molecular formula is C14H12BrF2NO. The van der Waals surface area contributed by atoms with Crippen molar-refractivity contribution in [2.75, 3.05) is 5.73 Å². The summed E-state index contributed by atoms with van der Waals surface area (Å²) in [6, 6.07) is 9.51. The minimum atomic E-state index is -2.63. The van der Waals surface area contributed by atoms with Gasteiger partial charge < -0.3 is 10.5 Å². The van der Waals surface area contributed by atoms with E-state index in [0.29, 0.717) is 5.75 Å². The second-order valence-electron chi connectivity index (χ2n) is 4.11. The van der Waals surface area contributed by atoms with Gasteiger partial charge in [0, 0.05) is 10.2 Å². The lowest BCUT2D eigenvalue weighted by Crippen LogP contribution is -1.95. The molecular weight excluding hydrogens is 316 g/mol. The highest BCUT2D eigenvalue weighted by molar-refractivity contribution is 9.10. The summed E-state index contributed by atoms with van der Waals surface area (Å²) in [5.41, 5.74) is 6.55. The third kappa shape index (κ3) is 3.23. The van der Waals surface area contributed by atoms with Gasteiger partial charge in [-0.15, -0.1) is 0 Å². The molecule has 0 heterocycles. The Morgan fingerprint density at radius 1 is 1.16 bits per heavy atom. The van der Waals surface area contributed by atoms with Gasteiger partial charge in [-0.25, -0.2) is 8.78 Å². The number of benzene rings is 2. The zero-order chi connectivity index (χ0) is 14.0. The van der Waals surface area contributed by atoms with E-state index in [-0.39, 0.29) is 17.0 Å². The third-order valence-corrected chi connectivity index (χ3v) is 3.52. The topological polar surface area (TPSA) is 35.2 Å². The summed E-state index contributed by atoms with van der Waals surface area (Å²) in [4.78, 5) is 0. The van der Waals surface area contributed by atoms with E-state index >= 15 is 0 Å². The Morgan fingerprint density at radius 3 is 2.53 bits per heavy atom. The maximum atomic E-state index is 12.9. The summed E-state index contributed by atoms with van der Waals surface area (Å²) in [5, 5.41) is 0. The Kier molecular flexibility index (Phi) is 4.04.